The molecule has 0 radical (unpaired) electrons. The van der Waals surface area contributed by atoms with Gasteiger partial charge in [0.05, 0.1) is 10.9 Å². The molecule has 0 spiro atoms. The normalized spacial score (nSPS) is 17.1. The number of nitrogens with zero attached hydrogens (tertiary/aromatic N) is 1. The van der Waals surface area contributed by atoms with Crippen molar-refractivity contribution in [1.82, 2.24) is 9.62 Å². The van der Waals surface area contributed by atoms with Crippen molar-refractivity contribution in [3.63, 3.8) is 0 Å². The molecule has 1 aliphatic heterocycles. The lowest BCUT2D eigenvalue weighted by molar-refractivity contribution is -0.126. The molecule has 1 amide bonds. The summed E-state index contributed by atoms with van der Waals surface area (Å²) in [5, 5.41) is 2.77. The number of amides is 1. The summed E-state index contributed by atoms with van der Waals surface area (Å²) < 4.78 is 66.0. The number of halogens is 3. The Balaban J connectivity index is 1.59. The zero-order chi connectivity index (χ0) is 21.2. The largest absolute Gasteiger partial charge is 0.349 e. The van der Waals surface area contributed by atoms with E-state index >= 15 is 0 Å². The van der Waals surface area contributed by atoms with E-state index in [1.807, 2.05) is 0 Å². The smallest absolute Gasteiger partial charge is 0.243 e. The molecule has 1 aliphatic rings. The fourth-order valence-corrected chi connectivity index (χ4v) is 4.78. The molecule has 0 bridgehead atoms. The highest BCUT2D eigenvalue weighted by Gasteiger charge is 2.32. The second kappa shape index (κ2) is 8.54. The number of hydrogen-bond acceptors (Lipinski definition) is 3. The van der Waals surface area contributed by atoms with Crippen LogP contribution in [0.3, 0.4) is 0 Å². The molecule has 29 heavy (non-hydrogen) atoms. The van der Waals surface area contributed by atoms with E-state index in [0.717, 1.165) is 24.3 Å². The molecule has 1 heterocycles. The Morgan fingerprint density at radius 2 is 1.66 bits per heavy atom. The zero-order valence-electron chi connectivity index (χ0n) is 15.7. The number of nitrogens with one attached hydrogen (secondary N) is 1. The van der Waals surface area contributed by atoms with Crippen LogP contribution in [0, 0.1) is 23.4 Å². The molecule has 2 aromatic carbocycles. The lowest BCUT2D eigenvalue weighted by Gasteiger charge is -2.31. The molecule has 1 N–H and O–H groups in total. The lowest BCUT2D eigenvalue weighted by atomic mass is 9.96. The third-order valence-corrected chi connectivity index (χ3v) is 6.99. The van der Waals surface area contributed by atoms with Crippen LogP contribution in [0.5, 0.6) is 0 Å². The summed E-state index contributed by atoms with van der Waals surface area (Å²) in [6.45, 7) is 1.99. The van der Waals surface area contributed by atoms with Gasteiger partial charge in [0.1, 0.15) is 5.82 Å². The molecule has 1 fully saturated rings. The first-order valence-corrected chi connectivity index (χ1v) is 10.6. The minimum absolute atomic E-state index is 0.00811. The van der Waals surface area contributed by atoms with Crippen LogP contribution < -0.4 is 5.32 Å². The quantitative estimate of drug-likeness (QED) is 0.797. The van der Waals surface area contributed by atoms with E-state index in [1.165, 1.54) is 22.5 Å². The number of benzene rings is 2. The third-order valence-electron chi connectivity index (χ3n) is 5.08. The summed E-state index contributed by atoms with van der Waals surface area (Å²) in [5.74, 6) is -3.11. The standard InChI is InChI=1S/C20H21F3N2O3S/c1-13(15-2-7-18(22)19(23)12-15)24-20(26)14-8-10-25(11-9-14)29(27,28)17-5-3-16(21)4-6-17/h2-7,12-14H,8-11H2,1H3,(H,24,26). The topological polar surface area (TPSA) is 66.5 Å². The summed E-state index contributed by atoms with van der Waals surface area (Å²) in [6.07, 6.45) is 0.660. The Labute approximate surface area is 167 Å². The van der Waals surface area contributed by atoms with Gasteiger partial charge in [-0.1, -0.05) is 6.07 Å². The van der Waals surface area contributed by atoms with Crippen molar-refractivity contribution in [2.45, 2.75) is 30.7 Å². The molecular formula is C20H21F3N2O3S. The van der Waals surface area contributed by atoms with Gasteiger partial charge in [-0.15, -0.1) is 0 Å². The van der Waals surface area contributed by atoms with Crippen LogP contribution in [0.4, 0.5) is 13.2 Å². The first kappa shape index (κ1) is 21.3. The first-order valence-electron chi connectivity index (χ1n) is 9.19. The van der Waals surface area contributed by atoms with Crippen molar-refractivity contribution < 1.29 is 26.4 Å². The highest BCUT2D eigenvalue weighted by atomic mass is 32.2. The number of sulfonamides is 1. The SMILES string of the molecule is CC(NC(=O)C1CCN(S(=O)(=O)c2ccc(F)cc2)CC1)c1ccc(F)c(F)c1. The second-order valence-corrected chi connectivity index (χ2v) is 8.97. The molecule has 5 nitrogen and oxygen atoms in total. The van der Waals surface area contributed by atoms with Crippen LogP contribution in [0.2, 0.25) is 0 Å². The molecule has 1 atom stereocenters. The summed E-state index contributed by atoms with van der Waals surface area (Å²) in [7, 11) is -3.75. The van der Waals surface area contributed by atoms with E-state index in [4.69, 9.17) is 0 Å². The van der Waals surface area contributed by atoms with Gasteiger partial charge in [0.2, 0.25) is 15.9 Å². The van der Waals surface area contributed by atoms with Crippen molar-refractivity contribution >= 4 is 15.9 Å². The van der Waals surface area contributed by atoms with Gasteiger partial charge in [-0.25, -0.2) is 21.6 Å². The Bertz CT molecular complexity index is 989. The van der Waals surface area contributed by atoms with Gasteiger partial charge in [0.15, 0.2) is 11.6 Å². The van der Waals surface area contributed by atoms with Gasteiger partial charge in [0, 0.05) is 19.0 Å². The molecule has 0 aliphatic carbocycles. The average Bonchev–Trinajstić information content (AvgIpc) is 2.70. The van der Waals surface area contributed by atoms with Gasteiger partial charge in [0.25, 0.3) is 0 Å². The van der Waals surface area contributed by atoms with Crippen molar-refractivity contribution in [2.75, 3.05) is 13.1 Å². The highest BCUT2D eigenvalue weighted by molar-refractivity contribution is 7.89. The molecule has 9 heteroatoms. The fourth-order valence-electron chi connectivity index (χ4n) is 3.31. The number of hydrogen-bond donors (Lipinski definition) is 1. The molecule has 2 aromatic rings. The van der Waals surface area contributed by atoms with Crippen LogP contribution in [-0.4, -0.2) is 31.7 Å². The zero-order valence-corrected chi connectivity index (χ0v) is 16.6. The maximum Gasteiger partial charge on any atom is 0.243 e. The van der Waals surface area contributed by atoms with Gasteiger partial charge in [-0.3, -0.25) is 4.79 Å². The van der Waals surface area contributed by atoms with Crippen LogP contribution in [0.1, 0.15) is 31.4 Å². The number of piperidine rings is 1. The van der Waals surface area contributed by atoms with Gasteiger partial charge in [-0.05, 0) is 61.7 Å². The lowest BCUT2D eigenvalue weighted by Crippen LogP contribution is -2.43. The first-order chi connectivity index (χ1) is 13.7. The predicted molar refractivity (Wildman–Crippen MR) is 101 cm³/mol. The molecule has 1 saturated heterocycles. The van der Waals surface area contributed by atoms with E-state index in [1.54, 1.807) is 6.92 Å². The van der Waals surface area contributed by atoms with Crippen LogP contribution in [0.25, 0.3) is 0 Å². The summed E-state index contributed by atoms with van der Waals surface area (Å²) >= 11 is 0. The monoisotopic (exact) mass is 426 g/mol. The van der Waals surface area contributed by atoms with Crippen molar-refractivity contribution in [3.05, 3.63) is 65.5 Å². The molecular weight excluding hydrogens is 405 g/mol. The third kappa shape index (κ3) is 4.79. The number of carbonyl (C=O) groups excluding carboxylic acids is 1. The van der Waals surface area contributed by atoms with Crippen molar-refractivity contribution in [3.8, 4) is 0 Å². The minimum atomic E-state index is -3.75. The Morgan fingerprint density at radius 3 is 2.24 bits per heavy atom. The fraction of sp³-hybridized carbons (Fsp3) is 0.350. The van der Waals surface area contributed by atoms with Gasteiger partial charge >= 0.3 is 0 Å². The average molecular weight is 426 g/mol. The van der Waals surface area contributed by atoms with Gasteiger partial charge < -0.3 is 5.32 Å². The van der Waals surface area contributed by atoms with Crippen LogP contribution in [0.15, 0.2) is 47.4 Å². The Hall–Kier alpha value is -2.39. The summed E-state index contributed by atoms with van der Waals surface area (Å²) in [6, 6.07) is 7.55. The van der Waals surface area contributed by atoms with Crippen LogP contribution in [-0.2, 0) is 14.8 Å². The maximum atomic E-state index is 13.4. The number of carbonyl (C=O) groups is 1. The molecule has 0 saturated carbocycles. The molecule has 156 valence electrons. The van der Waals surface area contributed by atoms with Gasteiger partial charge in [-0.2, -0.15) is 4.31 Å². The highest BCUT2D eigenvalue weighted by Crippen LogP contribution is 2.25. The minimum Gasteiger partial charge on any atom is -0.349 e. The summed E-state index contributed by atoms with van der Waals surface area (Å²) in [4.78, 5) is 12.5. The van der Waals surface area contributed by atoms with Crippen molar-refractivity contribution in [2.24, 2.45) is 5.92 Å². The second-order valence-electron chi connectivity index (χ2n) is 7.04. The molecule has 3 rings (SSSR count). The van der Waals surface area contributed by atoms with Crippen molar-refractivity contribution in [1.29, 1.82) is 0 Å². The predicted octanol–water partition coefficient (Wildman–Crippen LogP) is 3.38. The van der Waals surface area contributed by atoms with Crippen LogP contribution >= 0.6 is 0 Å². The van der Waals surface area contributed by atoms with E-state index < -0.39 is 33.5 Å². The summed E-state index contributed by atoms with van der Waals surface area (Å²) in [5.41, 5.74) is 0.438. The number of rotatable bonds is 5. The van der Waals surface area contributed by atoms with E-state index in [2.05, 4.69) is 5.32 Å². The Kier molecular flexibility index (Phi) is 6.28. The maximum absolute atomic E-state index is 13.4. The molecule has 0 aromatic heterocycles. The van der Waals surface area contributed by atoms with E-state index in [-0.39, 0.29) is 29.8 Å². The molecule has 1 unspecified atom stereocenters. The van der Waals surface area contributed by atoms with E-state index in [9.17, 15) is 26.4 Å². The Morgan fingerprint density at radius 1 is 1.03 bits per heavy atom. The van der Waals surface area contributed by atoms with E-state index in [0.29, 0.717) is 18.4 Å².